The summed E-state index contributed by atoms with van der Waals surface area (Å²) in [6.45, 7) is 5.87. The van der Waals surface area contributed by atoms with Crippen molar-refractivity contribution in [2.24, 2.45) is 11.8 Å². The zero-order valence-corrected chi connectivity index (χ0v) is 20.8. The summed E-state index contributed by atoms with van der Waals surface area (Å²) in [6.07, 6.45) is 4.56. The minimum atomic E-state index is -3.60. The highest BCUT2D eigenvalue weighted by molar-refractivity contribution is 7.89. The molecule has 0 aromatic heterocycles. The van der Waals surface area contributed by atoms with E-state index in [1.807, 2.05) is 11.8 Å². The summed E-state index contributed by atoms with van der Waals surface area (Å²) in [5, 5.41) is 2.99. The van der Waals surface area contributed by atoms with Crippen LogP contribution in [-0.4, -0.2) is 68.8 Å². The number of rotatable bonds is 8. The van der Waals surface area contributed by atoms with Crippen molar-refractivity contribution in [1.29, 1.82) is 0 Å². The first-order valence-corrected chi connectivity index (χ1v) is 13.4. The van der Waals surface area contributed by atoms with Gasteiger partial charge >= 0.3 is 0 Å². The van der Waals surface area contributed by atoms with Gasteiger partial charge in [-0.1, -0.05) is 13.3 Å². The molecule has 184 valence electrons. The Kier molecular flexibility index (Phi) is 8.75. The minimum Gasteiger partial charge on any atom is -0.497 e. The smallest absolute Gasteiger partial charge is 0.243 e. The number of unbranched alkanes of at least 4 members (excludes halogenated alkanes) is 1. The molecule has 0 saturated carbocycles. The summed E-state index contributed by atoms with van der Waals surface area (Å²) in [5.41, 5.74) is 0. The number of nitrogens with one attached hydrogen (secondary N) is 1. The minimum absolute atomic E-state index is 0.0357. The first kappa shape index (κ1) is 25.5. The highest BCUT2D eigenvalue weighted by atomic mass is 32.2. The summed E-state index contributed by atoms with van der Waals surface area (Å²) >= 11 is 0. The van der Waals surface area contributed by atoms with Gasteiger partial charge in [0.15, 0.2) is 0 Å². The standard InChI is InChI=1S/C24H37N3O5S/c1-4-5-14-25-23(28)20-7-6-18(2)27(17-20)24(29)19-12-15-26(16-13-19)33(30,31)22-10-8-21(32-3)9-11-22/h8-11,18-20H,4-7,12-17H2,1-3H3,(H,25,28). The average Bonchev–Trinajstić information content (AvgIpc) is 2.84. The zero-order valence-electron chi connectivity index (χ0n) is 20.0. The number of benzene rings is 1. The molecule has 2 heterocycles. The highest BCUT2D eigenvalue weighted by Crippen LogP contribution is 2.29. The fourth-order valence-corrected chi connectivity index (χ4v) is 6.10. The number of ether oxygens (including phenoxy) is 1. The molecule has 0 bridgehead atoms. The van der Waals surface area contributed by atoms with Crippen LogP contribution in [0.25, 0.3) is 0 Å². The second-order valence-corrected chi connectivity index (χ2v) is 11.1. The first-order chi connectivity index (χ1) is 15.8. The summed E-state index contributed by atoms with van der Waals surface area (Å²) in [5.74, 6) is 0.309. The fraction of sp³-hybridized carbons (Fsp3) is 0.667. The van der Waals surface area contributed by atoms with Crippen LogP contribution >= 0.6 is 0 Å². The van der Waals surface area contributed by atoms with Gasteiger partial charge in [0, 0.05) is 38.1 Å². The van der Waals surface area contributed by atoms with Crippen molar-refractivity contribution >= 4 is 21.8 Å². The van der Waals surface area contributed by atoms with E-state index >= 15 is 0 Å². The van der Waals surface area contributed by atoms with Gasteiger partial charge in [0.2, 0.25) is 21.8 Å². The Hall–Kier alpha value is -2.13. The van der Waals surface area contributed by atoms with E-state index in [4.69, 9.17) is 4.74 Å². The van der Waals surface area contributed by atoms with Crippen LogP contribution in [0.5, 0.6) is 5.75 Å². The van der Waals surface area contributed by atoms with Crippen molar-refractivity contribution in [1.82, 2.24) is 14.5 Å². The Morgan fingerprint density at radius 2 is 1.73 bits per heavy atom. The van der Waals surface area contributed by atoms with E-state index in [1.54, 1.807) is 24.3 Å². The molecule has 2 saturated heterocycles. The topological polar surface area (TPSA) is 96.0 Å². The van der Waals surface area contributed by atoms with Crippen LogP contribution < -0.4 is 10.1 Å². The molecular formula is C24H37N3O5S. The van der Waals surface area contributed by atoms with E-state index in [9.17, 15) is 18.0 Å². The van der Waals surface area contributed by atoms with Crippen molar-refractivity contribution in [2.45, 2.75) is 63.3 Å². The first-order valence-electron chi connectivity index (χ1n) is 12.0. The van der Waals surface area contributed by atoms with Gasteiger partial charge in [-0.3, -0.25) is 9.59 Å². The molecule has 2 unspecified atom stereocenters. The lowest BCUT2D eigenvalue weighted by molar-refractivity contribution is -0.143. The number of carbonyl (C=O) groups is 2. The van der Waals surface area contributed by atoms with E-state index in [0.717, 1.165) is 25.7 Å². The molecule has 8 nitrogen and oxygen atoms in total. The summed E-state index contributed by atoms with van der Waals surface area (Å²) in [6, 6.07) is 6.46. The Bertz CT molecular complexity index is 911. The van der Waals surface area contributed by atoms with Crippen LogP contribution in [0, 0.1) is 11.8 Å². The van der Waals surface area contributed by atoms with E-state index in [0.29, 0.717) is 44.8 Å². The molecule has 2 amide bonds. The summed E-state index contributed by atoms with van der Waals surface area (Å²) < 4.78 is 32.5. The van der Waals surface area contributed by atoms with Gasteiger partial charge in [-0.25, -0.2) is 8.42 Å². The van der Waals surface area contributed by atoms with Crippen molar-refractivity contribution in [3.8, 4) is 5.75 Å². The zero-order chi connectivity index (χ0) is 24.0. The number of piperidine rings is 2. The summed E-state index contributed by atoms with van der Waals surface area (Å²) in [4.78, 5) is 27.9. The van der Waals surface area contributed by atoms with Crippen molar-refractivity contribution in [2.75, 3.05) is 33.3 Å². The lowest BCUT2D eigenvalue weighted by Crippen LogP contribution is -2.52. The Morgan fingerprint density at radius 3 is 2.33 bits per heavy atom. The molecule has 0 spiro atoms. The quantitative estimate of drug-likeness (QED) is 0.579. The molecule has 2 aliphatic rings. The molecule has 1 aromatic rings. The van der Waals surface area contributed by atoms with Crippen LogP contribution in [0.2, 0.25) is 0 Å². The molecule has 33 heavy (non-hydrogen) atoms. The molecule has 2 atom stereocenters. The number of amides is 2. The number of hydrogen-bond acceptors (Lipinski definition) is 5. The average molecular weight is 480 g/mol. The molecule has 1 N–H and O–H groups in total. The Morgan fingerprint density at radius 1 is 1.06 bits per heavy atom. The fourth-order valence-electron chi connectivity index (χ4n) is 4.64. The third-order valence-electron chi connectivity index (χ3n) is 6.87. The van der Waals surface area contributed by atoms with Gasteiger partial charge in [0.1, 0.15) is 5.75 Å². The van der Waals surface area contributed by atoms with Gasteiger partial charge < -0.3 is 15.0 Å². The van der Waals surface area contributed by atoms with Crippen molar-refractivity contribution < 1.29 is 22.7 Å². The van der Waals surface area contributed by atoms with Crippen LogP contribution in [0.3, 0.4) is 0 Å². The van der Waals surface area contributed by atoms with E-state index < -0.39 is 10.0 Å². The van der Waals surface area contributed by atoms with Gasteiger partial charge in [0.05, 0.1) is 17.9 Å². The third kappa shape index (κ3) is 6.06. The van der Waals surface area contributed by atoms with Crippen LogP contribution in [0.4, 0.5) is 0 Å². The number of nitrogens with zero attached hydrogens (tertiary/aromatic N) is 2. The van der Waals surface area contributed by atoms with E-state index in [1.165, 1.54) is 11.4 Å². The molecule has 1 aromatic carbocycles. The maximum atomic E-state index is 13.3. The van der Waals surface area contributed by atoms with Gasteiger partial charge in [-0.2, -0.15) is 4.31 Å². The van der Waals surface area contributed by atoms with Crippen molar-refractivity contribution in [3.05, 3.63) is 24.3 Å². The molecule has 2 aliphatic heterocycles. The monoisotopic (exact) mass is 479 g/mol. The SMILES string of the molecule is CCCCNC(=O)C1CCC(C)N(C(=O)C2CCN(S(=O)(=O)c3ccc(OC)cc3)CC2)C1. The highest BCUT2D eigenvalue weighted by Gasteiger charge is 2.38. The number of likely N-dealkylation sites (tertiary alicyclic amines) is 1. The molecular weight excluding hydrogens is 442 g/mol. The predicted molar refractivity (Wildman–Crippen MR) is 126 cm³/mol. The predicted octanol–water partition coefficient (Wildman–Crippen LogP) is 2.64. The molecule has 3 rings (SSSR count). The largest absolute Gasteiger partial charge is 0.497 e. The Labute approximate surface area is 197 Å². The maximum Gasteiger partial charge on any atom is 0.243 e. The lowest BCUT2D eigenvalue weighted by Gasteiger charge is -2.40. The normalized spacial score (nSPS) is 22.7. The second-order valence-electron chi connectivity index (χ2n) is 9.11. The number of methoxy groups -OCH3 is 1. The van der Waals surface area contributed by atoms with Crippen LogP contribution in [-0.2, 0) is 19.6 Å². The van der Waals surface area contributed by atoms with Crippen LogP contribution in [0.1, 0.15) is 52.4 Å². The lowest BCUT2D eigenvalue weighted by atomic mass is 9.89. The van der Waals surface area contributed by atoms with E-state index in [-0.39, 0.29) is 34.6 Å². The maximum absolute atomic E-state index is 13.3. The molecule has 0 aliphatic carbocycles. The third-order valence-corrected chi connectivity index (χ3v) is 8.78. The second kappa shape index (κ2) is 11.3. The molecule has 0 radical (unpaired) electrons. The number of sulfonamides is 1. The number of hydrogen-bond donors (Lipinski definition) is 1. The van der Waals surface area contributed by atoms with Gasteiger partial charge in [0.25, 0.3) is 0 Å². The molecule has 9 heteroatoms. The number of carbonyl (C=O) groups excluding carboxylic acids is 2. The van der Waals surface area contributed by atoms with Crippen LogP contribution in [0.15, 0.2) is 29.2 Å². The van der Waals surface area contributed by atoms with Crippen molar-refractivity contribution in [3.63, 3.8) is 0 Å². The molecule has 2 fully saturated rings. The van der Waals surface area contributed by atoms with E-state index in [2.05, 4.69) is 12.2 Å². The van der Waals surface area contributed by atoms with Gasteiger partial charge in [-0.05, 0) is 63.3 Å². The van der Waals surface area contributed by atoms with Gasteiger partial charge in [-0.15, -0.1) is 0 Å². The Balaban J connectivity index is 1.57. The summed E-state index contributed by atoms with van der Waals surface area (Å²) in [7, 11) is -2.07.